The summed E-state index contributed by atoms with van der Waals surface area (Å²) in [6.45, 7) is 2.41. The molecule has 0 fully saturated rings. The highest BCUT2D eigenvalue weighted by Crippen LogP contribution is 2.23. The minimum absolute atomic E-state index is 0.0991. The number of halogens is 1. The number of benzene rings is 2. The van der Waals surface area contributed by atoms with Gasteiger partial charge in [-0.15, -0.1) is 0 Å². The maximum atomic E-state index is 13.3. The summed E-state index contributed by atoms with van der Waals surface area (Å²) in [6, 6.07) is 14.3. The van der Waals surface area contributed by atoms with E-state index in [-0.39, 0.29) is 11.7 Å². The largest absolute Gasteiger partial charge is 0.350 e. The minimum Gasteiger partial charge on any atom is -0.350 e. The SMILES string of the molecule is Cc1c(C(=O)N(C)Cc2ccccc2)[nH]c2cc(F)ccc12. The van der Waals surface area contributed by atoms with E-state index in [1.165, 1.54) is 12.1 Å². The molecule has 0 saturated carbocycles. The molecule has 1 heterocycles. The van der Waals surface area contributed by atoms with E-state index in [2.05, 4.69) is 4.98 Å². The Balaban J connectivity index is 1.90. The summed E-state index contributed by atoms with van der Waals surface area (Å²) in [5.74, 6) is -0.414. The lowest BCUT2D eigenvalue weighted by Gasteiger charge is -2.17. The lowest BCUT2D eigenvalue weighted by Crippen LogP contribution is -2.27. The van der Waals surface area contributed by atoms with Crippen LogP contribution in [0.1, 0.15) is 21.6 Å². The monoisotopic (exact) mass is 296 g/mol. The number of carbonyl (C=O) groups excluding carboxylic acids is 1. The van der Waals surface area contributed by atoms with Gasteiger partial charge in [-0.1, -0.05) is 30.3 Å². The highest BCUT2D eigenvalue weighted by atomic mass is 19.1. The van der Waals surface area contributed by atoms with Gasteiger partial charge in [-0.3, -0.25) is 4.79 Å². The van der Waals surface area contributed by atoms with E-state index in [0.29, 0.717) is 17.8 Å². The second-order valence-corrected chi connectivity index (χ2v) is 5.46. The van der Waals surface area contributed by atoms with Gasteiger partial charge in [-0.25, -0.2) is 4.39 Å². The van der Waals surface area contributed by atoms with Crippen LogP contribution in [0.15, 0.2) is 48.5 Å². The molecule has 0 unspecified atom stereocenters. The van der Waals surface area contributed by atoms with Crippen molar-refractivity contribution in [3.63, 3.8) is 0 Å². The summed E-state index contributed by atoms with van der Waals surface area (Å²) >= 11 is 0. The van der Waals surface area contributed by atoms with Crippen molar-refractivity contribution in [1.29, 1.82) is 0 Å². The first-order chi connectivity index (χ1) is 10.6. The van der Waals surface area contributed by atoms with E-state index in [1.54, 1.807) is 18.0 Å². The van der Waals surface area contributed by atoms with Crippen molar-refractivity contribution in [3.8, 4) is 0 Å². The van der Waals surface area contributed by atoms with Crippen molar-refractivity contribution in [2.24, 2.45) is 0 Å². The van der Waals surface area contributed by atoms with Gasteiger partial charge in [0.25, 0.3) is 5.91 Å². The molecule has 1 N–H and O–H groups in total. The Morgan fingerprint density at radius 3 is 2.64 bits per heavy atom. The number of fused-ring (bicyclic) bond motifs is 1. The first kappa shape index (κ1) is 14.3. The molecule has 0 aliphatic rings. The number of nitrogens with one attached hydrogen (secondary N) is 1. The zero-order valence-corrected chi connectivity index (χ0v) is 12.6. The van der Waals surface area contributed by atoms with E-state index < -0.39 is 0 Å². The van der Waals surface area contributed by atoms with Gasteiger partial charge in [0, 0.05) is 24.5 Å². The lowest BCUT2D eigenvalue weighted by molar-refractivity contribution is 0.0779. The summed E-state index contributed by atoms with van der Waals surface area (Å²) in [5, 5.41) is 0.873. The van der Waals surface area contributed by atoms with Crippen molar-refractivity contribution < 1.29 is 9.18 Å². The Morgan fingerprint density at radius 2 is 1.91 bits per heavy atom. The fourth-order valence-electron chi connectivity index (χ4n) is 2.64. The van der Waals surface area contributed by atoms with Crippen LogP contribution >= 0.6 is 0 Å². The quantitative estimate of drug-likeness (QED) is 0.782. The number of aromatic nitrogens is 1. The van der Waals surface area contributed by atoms with Gasteiger partial charge in [0.2, 0.25) is 0 Å². The summed E-state index contributed by atoms with van der Waals surface area (Å²) in [5.41, 5.74) is 3.08. The molecular formula is C18H17FN2O. The van der Waals surface area contributed by atoms with Crippen molar-refractivity contribution in [2.75, 3.05) is 7.05 Å². The Hall–Kier alpha value is -2.62. The molecule has 0 aliphatic heterocycles. The molecule has 1 amide bonds. The van der Waals surface area contributed by atoms with E-state index >= 15 is 0 Å². The predicted octanol–water partition coefficient (Wildman–Crippen LogP) is 3.89. The maximum absolute atomic E-state index is 13.3. The molecule has 0 atom stereocenters. The van der Waals surface area contributed by atoms with Gasteiger partial charge in [0.15, 0.2) is 0 Å². The second-order valence-electron chi connectivity index (χ2n) is 5.46. The number of carbonyl (C=O) groups is 1. The van der Waals surface area contributed by atoms with Crippen LogP contribution in [0.2, 0.25) is 0 Å². The molecule has 1 aromatic heterocycles. The Labute approximate surface area is 128 Å². The highest BCUT2D eigenvalue weighted by molar-refractivity contribution is 6.00. The number of rotatable bonds is 3. The Kier molecular flexibility index (Phi) is 3.67. The standard InChI is InChI=1S/C18H17FN2O/c1-12-15-9-8-14(19)10-16(15)20-17(12)18(22)21(2)11-13-6-4-3-5-7-13/h3-10,20H,11H2,1-2H3. The van der Waals surface area contributed by atoms with Crippen LogP contribution in [0.5, 0.6) is 0 Å². The van der Waals surface area contributed by atoms with Gasteiger partial charge in [0.05, 0.1) is 0 Å². The third-order valence-electron chi connectivity index (χ3n) is 3.84. The average Bonchev–Trinajstić information content (AvgIpc) is 2.83. The van der Waals surface area contributed by atoms with Crippen LogP contribution in [-0.4, -0.2) is 22.8 Å². The fourth-order valence-corrected chi connectivity index (χ4v) is 2.64. The number of aryl methyl sites for hydroxylation is 1. The number of nitrogens with zero attached hydrogens (tertiary/aromatic N) is 1. The van der Waals surface area contributed by atoms with Crippen LogP contribution in [0.3, 0.4) is 0 Å². The normalized spacial score (nSPS) is 10.9. The van der Waals surface area contributed by atoms with Crippen LogP contribution in [0.25, 0.3) is 10.9 Å². The van der Waals surface area contributed by atoms with Crippen molar-refractivity contribution in [1.82, 2.24) is 9.88 Å². The number of amides is 1. The molecule has 22 heavy (non-hydrogen) atoms. The zero-order chi connectivity index (χ0) is 15.7. The molecule has 0 radical (unpaired) electrons. The van der Waals surface area contributed by atoms with Gasteiger partial charge >= 0.3 is 0 Å². The van der Waals surface area contributed by atoms with Crippen molar-refractivity contribution in [2.45, 2.75) is 13.5 Å². The van der Waals surface area contributed by atoms with E-state index in [0.717, 1.165) is 16.5 Å². The van der Waals surface area contributed by atoms with Crippen molar-refractivity contribution >= 4 is 16.8 Å². The third-order valence-corrected chi connectivity index (χ3v) is 3.84. The summed E-state index contributed by atoms with van der Waals surface area (Å²) in [4.78, 5) is 17.3. The van der Waals surface area contributed by atoms with Crippen molar-refractivity contribution in [3.05, 3.63) is 71.2 Å². The zero-order valence-electron chi connectivity index (χ0n) is 12.6. The predicted molar refractivity (Wildman–Crippen MR) is 85.2 cm³/mol. The van der Waals surface area contributed by atoms with Gasteiger partial charge in [-0.2, -0.15) is 0 Å². The molecule has 112 valence electrons. The number of aromatic amines is 1. The smallest absolute Gasteiger partial charge is 0.270 e. The van der Waals surface area contributed by atoms with E-state index in [9.17, 15) is 9.18 Å². The summed E-state index contributed by atoms with van der Waals surface area (Å²) in [6.07, 6.45) is 0. The van der Waals surface area contributed by atoms with E-state index in [1.807, 2.05) is 37.3 Å². The molecule has 2 aromatic carbocycles. The van der Waals surface area contributed by atoms with Gasteiger partial charge in [-0.05, 0) is 36.2 Å². The molecular weight excluding hydrogens is 279 g/mol. The topological polar surface area (TPSA) is 36.1 Å². The van der Waals surface area contributed by atoms with Crippen LogP contribution in [0, 0.1) is 12.7 Å². The molecule has 3 rings (SSSR count). The number of hydrogen-bond donors (Lipinski definition) is 1. The molecule has 0 saturated heterocycles. The minimum atomic E-state index is -0.314. The van der Waals surface area contributed by atoms with Gasteiger partial charge in [0.1, 0.15) is 11.5 Å². The van der Waals surface area contributed by atoms with Gasteiger partial charge < -0.3 is 9.88 Å². The third kappa shape index (κ3) is 2.60. The Bertz CT molecular complexity index is 824. The molecule has 0 bridgehead atoms. The molecule has 3 aromatic rings. The first-order valence-corrected chi connectivity index (χ1v) is 7.13. The number of H-pyrrole nitrogens is 1. The molecule has 4 heteroatoms. The highest BCUT2D eigenvalue weighted by Gasteiger charge is 2.18. The van der Waals surface area contributed by atoms with Crippen LogP contribution < -0.4 is 0 Å². The molecule has 3 nitrogen and oxygen atoms in total. The second kappa shape index (κ2) is 5.64. The van der Waals surface area contributed by atoms with E-state index in [4.69, 9.17) is 0 Å². The van der Waals surface area contributed by atoms with Crippen LogP contribution in [0.4, 0.5) is 4.39 Å². The average molecular weight is 296 g/mol. The maximum Gasteiger partial charge on any atom is 0.270 e. The Morgan fingerprint density at radius 1 is 1.18 bits per heavy atom. The summed E-state index contributed by atoms with van der Waals surface area (Å²) in [7, 11) is 1.76. The summed E-state index contributed by atoms with van der Waals surface area (Å²) < 4.78 is 13.3. The number of hydrogen-bond acceptors (Lipinski definition) is 1. The lowest BCUT2D eigenvalue weighted by atomic mass is 10.1. The van der Waals surface area contributed by atoms with Crippen LogP contribution in [-0.2, 0) is 6.54 Å². The fraction of sp³-hybridized carbons (Fsp3) is 0.167. The molecule has 0 spiro atoms. The first-order valence-electron chi connectivity index (χ1n) is 7.13. The molecule has 0 aliphatic carbocycles.